The van der Waals surface area contributed by atoms with Crippen LogP contribution in [0.4, 0.5) is 0 Å². The van der Waals surface area contributed by atoms with Crippen molar-refractivity contribution in [1.82, 2.24) is 15.0 Å². The van der Waals surface area contributed by atoms with Crippen molar-refractivity contribution in [2.75, 3.05) is 7.11 Å². The summed E-state index contributed by atoms with van der Waals surface area (Å²) >= 11 is 1.39. The molecule has 0 saturated heterocycles. The van der Waals surface area contributed by atoms with Crippen LogP contribution in [0.2, 0.25) is 0 Å². The van der Waals surface area contributed by atoms with Crippen LogP contribution in [0.1, 0.15) is 40.2 Å². The van der Waals surface area contributed by atoms with Gasteiger partial charge in [0.15, 0.2) is 0 Å². The summed E-state index contributed by atoms with van der Waals surface area (Å²) in [7, 11) is 1.68. The number of aromatic nitrogens is 2. The number of benzene rings is 1. The average molecular weight is 292 g/mol. The van der Waals surface area contributed by atoms with Crippen molar-refractivity contribution in [2.45, 2.75) is 33.2 Å². The SMILES string of the molecule is CCc1nnsc1C(NN)c1cc(C)c(OC)cc1C. The zero-order chi connectivity index (χ0) is 14.7. The summed E-state index contributed by atoms with van der Waals surface area (Å²) in [6, 6.07) is 4.06. The van der Waals surface area contributed by atoms with Crippen molar-refractivity contribution in [1.29, 1.82) is 0 Å². The highest BCUT2D eigenvalue weighted by atomic mass is 32.1. The summed E-state index contributed by atoms with van der Waals surface area (Å²) in [5.41, 5.74) is 7.23. The van der Waals surface area contributed by atoms with Gasteiger partial charge in [-0.15, -0.1) is 5.10 Å². The maximum absolute atomic E-state index is 5.78. The van der Waals surface area contributed by atoms with Crippen LogP contribution in [-0.2, 0) is 6.42 Å². The summed E-state index contributed by atoms with van der Waals surface area (Å²) < 4.78 is 9.40. The molecule has 2 rings (SSSR count). The first-order valence-electron chi connectivity index (χ1n) is 6.54. The van der Waals surface area contributed by atoms with Gasteiger partial charge in [0.1, 0.15) is 5.75 Å². The van der Waals surface area contributed by atoms with E-state index in [4.69, 9.17) is 10.6 Å². The monoisotopic (exact) mass is 292 g/mol. The first-order chi connectivity index (χ1) is 9.62. The van der Waals surface area contributed by atoms with Crippen molar-refractivity contribution in [3.8, 4) is 5.75 Å². The van der Waals surface area contributed by atoms with Crippen LogP contribution < -0.4 is 16.0 Å². The number of hydrogen-bond acceptors (Lipinski definition) is 6. The molecule has 2 aromatic rings. The van der Waals surface area contributed by atoms with Gasteiger partial charge in [0.05, 0.1) is 23.7 Å². The molecule has 0 saturated carbocycles. The lowest BCUT2D eigenvalue weighted by Crippen LogP contribution is -2.29. The molecule has 0 bridgehead atoms. The molecule has 0 spiro atoms. The van der Waals surface area contributed by atoms with Gasteiger partial charge in [-0.05, 0) is 54.6 Å². The second-order valence-corrected chi connectivity index (χ2v) is 5.50. The quantitative estimate of drug-likeness (QED) is 0.653. The van der Waals surface area contributed by atoms with Crippen molar-refractivity contribution in [2.24, 2.45) is 5.84 Å². The Balaban J connectivity index is 2.50. The number of nitrogens with one attached hydrogen (secondary N) is 1. The predicted molar refractivity (Wildman–Crippen MR) is 80.9 cm³/mol. The molecule has 5 nitrogen and oxygen atoms in total. The zero-order valence-corrected chi connectivity index (χ0v) is 13.0. The molecular weight excluding hydrogens is 272 g/mol. The maximum atomic E-state index is 5.78. The summed E-state index contributed by atoms with van der Waals surface area (Å²) in [5.74, 6) is 6.67. The van der Waals surface area contributed by atoms with Gasteiger partial charge in [-0.3, -0.25) is 5.84 Å². The number of ether oxygens (including phenoxy) is 1. The van der Waals surface area contributed by atoms with Gasteiger partial charge in [-0.25, -0.2) is 5.43 Å². The molecule has 0 aliphatic heterocycles. The van der Waals surface area contributed by atoms with Crippen LogP contribution in [0.15, 0.2) is 12.1 Å². The Labute approximate surface area is 123 Å². The Kier molecular flexibility index (Phi) is 4.69. The van der Waals surface area contributed by atoms with Crippen molar-refractivity contribution < 1.29 is 4.74 Å². The van der Waals surface area contributed by atoms with E-state index in [1.165, 1.54) is 11.5 Å². The summed E-state index contributed by atoms with van der Waals surface area (Å²) in [5, 5.41) is 4.16. The smallest absolute Gasteiger partial charge is 0.122 e. The van der Waals surface area contributed by atoms with E-state index in [-0.39, 0.29) is 6.04 Å². The lowest BCUT2D eigenvalue weighted by atomic mass is 9.96. The molecule has 3 N–H and O–H groups in total. The number of hydrazine groups is 1. The summed E-state index contributed by atoms with van der Waals surface area (Å²) in [6.45, 7) is 6.16. The Hall–Kier alpha value is -1.50. The Morgan fingerprint density at radius 1 is 1.35 bits per heavy atom. The lowest BCUT2D eigenvalue weighted by Gasteiger charge is -2.19. The van der Waals surface area contributed by atoms with Crippen LogP contribution in [-0.4, -0.2) is 16.7 Å². The van der Waals surface area contributed by atoms with Crippen LogP contribution in [0.3, 0.4) is 0 Å². The summed E-state index contributed by atoms with van der Waals surface area (Å²) in [6.07, 6.45) is 0.845. The standard InChI is InChI=1S/C14H20N4OS/c1-5-11-14(20-18-17-11)13(16-15)10-6-9(3)12(19-4)7-8(10)2/h6-7,13,16H,5,15H2,1-4H3. The number of rotatable bonds is 5. The van der Waals surface area contributed by atoms with Crippen LogP contribution in [0.5, 0.6) is 5.75 Å². The van der Waals surface area contributed by atoms with Gasteiger partial charge in [0, 0.05) is 0 Å². The molecule has 6 heteroatoms. The van der Waals surface area contributed by atoms with Crippen molar-refractivity contribution in [3.63, 3.8) is 0 Å². The molecule has 1 atom stereocenters. The fourth-order valence-electron chi connectivity index (χ4n) is 2.33. The zero-order valence-electron chi connectivity index (χ0n) is 12.2. The van der Waals surface area contributed by atoms with E-state index in [0.29, 0.717) is 0 Å². The second-order valence-electron chi connectivity index (χ2n) is 4.72. The molecule has 0 fully saturated rings. The third kappa shape index (κ3) is 2.67. The molecule has 1 heterocycles. The van der Waals surface area contributed by atoms with Gasteiger partial charge >= 0.3 is 0 Å². The molecule has 1 unspecified atom stereocenters. The van der Waals surface area contributed by atoms with E-state index >= 15 is 0 Å². The Morgan fingerprint density at radius 2 is 2.10 bits per heavy atom. The van der Waals surface area contributed by atoms with Gasteiger partial charge in [-0.1, -0.05) is 17.5 Å². The number of methoxy groups -OCH3 is 1. The van der Waals surface area contributed by atoms with Gasteiger partial charge in [0.2, 0.25) is 0 Å². The molecule has 0 aliphatic carbocycles. The van der Waals surface area contributed by atoms with Crippen LogP contribution in [0, 0.1) is 13.8 Å². The first-order valence-corrected chi connectivity index (χ1v) is 7.32. The molecule has 1 aromatic heterocycles. The van der Waals surface area contributed by atoms with E-state index in [1.807, 2.05) is 13.0 Å². The van der Waals surface area contributed by atoms with E-state index in [1.54, 1.807) is 7.11 Å². The molecule has 1 aromatic carbocycles. The normalized spacial score (nSPS) is 12.4. The second kappa shape index (κ2) is 6.30. The lowest BCUT2D eigenvalue weighted by molar-refractivity contribution is 0.411. The predicted octanol–water partition coefficient (Wildman–Crippen LogP) is 2.28. The average Bonchev–Trinajstić information content (AvgIpc) is 2.91. The number of nitrogens with two attached hydrogens (primary N) is 1. The molecule has 0 radical (unpaired) electrons. The minimum Gasteiger partial charge on any atom is -0.496 e. The number of aryl methyl sites for hydroxylation is 3. The molecule has 20 heavy (non-hydrogen) atoms. The number of hydrogen-bond donors (Lipinski definition) is 2. The summed E-state index contributed by atoms with van der Waals surface area (Å²) in [4.78, 5) is 1.07. The number of nitrogens with zero attached hydrogens (tertiary/aromatic N) is 2. The van der Waals surface area contributed by atoms with E-state index in [9.17, 15) is 0 Å². The highest BCUT2D eigenvalue weighted by Crippen LogP contribution is 2.32. The first kappa shape index (κ1) is 14.9. The van der Waals surface area contributed by atoms with Gasteiger partial charge in [-0.2, -0.15) is 0 Å². The largest absolute Gasteiger partial charge is 0.496 e. The molecular formula is C14H20N4OS. The van der Waals surface area contributed by atoms with Crippen LogP contribution >= 0.6 is 11.5 Å². The minimum absolute atomic E-state index is 0.0884. The molecule has 0 amide bonds. The van der Waals surface area contributed by atoms with Crippen molar-refractivity contribution in [3.05, 3.63) is 39.4 Å². The maximum Gasteiger partial charge on any atom is 0.122 e. The fourth-order valence-corrected chi connectivity index (χ4v) is 3.15. The van der Waals surface area contributed by atoms with Crippen LogP contribution in [0.25, 0.3) is 0 Å². The van der Waals surface area contributed by atoms with Gasteiger partial charge in [0.25, 0.3) is 0 Å². The molecule has 0 aliphatic rings. The highest BCUT2D eigenvalue weighted by Gasteiger charge is 2.21. The Bertz CT molecular complexity index is 597. The van der Waals surface area contributed by atoms with E-state index in [0.717, 1.165) is 39.4 Å². The topological polar surface area (TPSA) is 73.1 Å². The minimum atomic E-state index is -0.0884. The van der Waals surface area contributed by atoms with E-state index in [2.05, 4.69) is 34.9 Å². The fraction of sp³-hybridized carbons (Fsp3) is 0.429. The third-order valence-electron chi connectivity index (χ3n) is 3.44. The van der Waals surface area contributed by atoms with Crippen molar-refractivity contribution >= 4 is 11.5 Å². The highest BCUT2D eigenvalue weighted by molar-refractivity contribution is 7.05. The third-order valence-corrected chi connectivity index (χ3v) is 4.27. The van der Waals surface area contributed by atoms with Gasteiger partial charge < -0.3 is 4.74 Å². The van der Waals surface area contributed by atoms with E-state index < -0.39 is 0 Å². The Morgan fingerprint density at radius 3 is 2.70 bits per heavy atom. The molecule has 108 valence electrons.